The van der Waals surface area contributed by atoms with Crippen LogP contribution in [-0.2, 0) is 4.79 Å². The summed E-state index contributed by atoms with van der Waals surface area (Å²) in [5, 5.41) is 2.65. The molecule has 0 radical (unpaired) electrons. The molecule has 0 aromatic rings. The van der Waals surface area contributed by atoms with Gasteiger partial charge in [0.2, 0.25) is 5.91 Å². The molecule has 7 N–H and O–H groups in total. The molecule has 0 saturated heterocycles. The Morgan fingerprint density at radius 3 is 2.38 bits per heavy atom. The Balaban J connectivity index is -0.000000845. The highest BCUT2D eigenvalue weighted by molar-refractivity contribution is 5.85. The molecule has 1 amide bonds. The largest absolute Gasteiger partial charge is 0.370 e. The number of nitrogens with two attached hydrogens (primary N) is 3. The number of likely N-dealkylation sites (N-methyl/N-ethyl adjacent to an activating group) is 1. The summed E-state index contributed by atoms with van der Waals surface area (Å²) in [4.78, 5) is 14.9. The van der Waals surface area contributed by atoms with Gasteiger partial charge in [0.25, 0.3) is 0 Å². The fraction of sp³-hybridized carbons (Fsp3) is 0.750. The maximum atomic E-state index is 11.1. The molecule has 0 aromatic carbocycles. The second-order valence-electron chi connectivity index (χ2n) is 2.95. The molecule has 0 rings (SSSR count). The summed E-state index contributed by atoms with van der Waals surface area (Å²) in [7, 11) is 0. The lowest BCUT2D eigenvalue weighted by Gasteiger charge is -2.09. The van der Waals surface area contributed by atoms with Crippen LogP contribution in [0.1, 0.15) is 19.8 Å². The van der Waals surface area contributed by atoms with Crippen LogP contribution in [-0.4, -0.2) is 31.0 Å². The fourth-order valence-electron chi connectivity index (χ4n) is 0.956. The number of carbonyl (C=O) groups excluding carboxylic acids is 1. The Labute approximate surface area is 108 Å². The normalized spacial score (nSPS) is 10.4. The van der Waals surface area contributed by atoms with Crippen LogP contribution in [0.25, 0.3) is 0 Å². The van der Waals surface area contributed by atoms with Crippen molar-refractivity contribution in [1.29, 1.82) is 0 Å². The van der Waals surface area contributed by atoms with Gasteiger partial charge >= 0.3 is 0 Å². The number of nitrogens with one attached hydrogen (secondary N) is 1. The van der Waals surface area contributed by atoms with Gasteiger partial charge in [-0.3, -0.25) is 9.79 Å². The Hall–Kier alpha value is -0.720. The van der Waals surface area contributed by atoms with E-state index in [0.29, 0.717) is 25.9 Å². The van der Waals surface area contributed by atoms with Crippen molar-refractivity contribution in [2.24, 2.45) is 22.2 Å². The number of rotatable bonds is 6. The minimum absolute atomic E-state index is 0. The Kier molecular flexibility index (Phi) is 15.9. The Morgan fingerprint density at radius 1 is 1.38 bits per heavy atom. The molecule has 0 aliphatic rings. The van der Waals surface area contributed by atoms with E-state index in [9.17, 15) is 4.79 Å². The van der Waals surface area contributed by atoms with Crippen LogP contribution in [0.4, 0.5) is 0 Å². The summed E-state index contributed by atoms with van der Waals surface area (Å²) in [6, 6.07) is -0.468. The number of aliphatic imine (C=N–C) groups is 1. The molecule has 98 valence electrons. The van der Waals surface area contributed by atoms with Crippen molar-refractivity contribution in [1.82, 2.24) is 5.32 Å². The monoisotopic (exact) mass is 273 g/mol. The highest BCUT2D eigenvalue weighted by Crippen LogP contribution is 1.94. The quantitative estimate of drug-likeness (QED) is 0.292. The zero-order chi connectivity index (χ0) is 11.0. The van der Waals surface area contributed by atoms with Gasteiger partial charge in [-0.25, -0.2) is 0 Å². The molecule has 0 heterocycles. The molecule has 0 aromatic heterocycles. The zero-order valence-corrected chi connectivity index (χ0v) is 10.9. The molecular formula is C8H21Cl2N5O. The van der Waals surface area contributed by atoms with E-state index in [1.54, 1.807) is 0 Å². The van der Waals surface area contributed by atoms with Gasteiger partial charge in [-0.05, 0) is 19.8 Å². The number of guanidine groups is 1. The first-order chi connectivity index (χ1) is 6.57. The van der Waals surface area contributed by atoms with E-state index in [-0.39, 0.29) is 36.7 Å². The molecule has 0 bridgehead atoms. The second-order valence-corrected chi connectivity index (χ2v) is 2.95. The van der Waals surface area contributed by atoms with Crippen molar-refractivity contribution in [2.45, 2.75) is 25.8 Å². The number of hydrogen-bond acceptors (Lipinski definition) is 3. The third-order valence-electron chi connectivity index (χ3n) is 1.66. The van der Waals surface area contributed by atoms with Crippen molar-refractivity contribution in [2.75, 3.05) is 13.1 Å². The predicted octanol–water partition coefficient (Wildman–Crippen LogP) is -0.653. The summed E-state index contributed by atoms with van der Waals surface area (Å²) < 4.78 is 0. The lowest BCUT2D eigenvalue weighted by Crippen LogP contribution is -2.40. The molecule has 8 heteroatoms. The predicted molar refractivity (Wildman–Crippen MR) is 71.1 cm³/mol. The van der Waals surface area contributed by atoms with Gasteiger partial charge in [-0.15, -0.1) is 24.8 Å². The molecule has 0 aliphatic heterocycles. The summed E-state index contributed by atoms with van der Waals surface area (Å²) in [6.07, 6.45) is 1.29. The minimum atomic E-state index is -0.468. The maximum Gasteiger partial charge on any atom is 0.236 e. The van der Waals surface area contributed by atoms with E-state index in [0.717, 1.165) is 0 Å². The van der Waals surface area contributed by atoms with E-state index < -0.39 is 6.04 Å². The van der Waals surface area contributed by atoms with Crippen molar-refractivity contribution in [3.63, 3.8) is 0 Å². The van der Waals surface area contributed by atoms with Crippen LogP contribution in [0.2, 0.25) is 0 Å². The number of hydrogen-bond donors (Lipinski definition) is 4. The van der Waals surface area contributed by atoms with Gasteiger partial charge in [-0.2, -0.15) is 0 Å². The topological polar surface area (TPSA) is 120 Å². The Bertz CT molecular complexity index is 209. The van der Waals surface area contributed by atoms with Crippen molar-refractivity contribution < 1.29 is 4.79 Å². The average molecular weight is 274 g/mol. The highest BCUT2D eigenvalue weighted by Gasteiger charge is 2.10. The number of carbonyl (C=O) groups is 1. The van der Waals surface area contributed by atoms with E-state index >= 15 is 0 Å². The van der Waals surface area contributed by atoms with Crippen LogP contribution < -0.4 is 22.5 Å². The maximum absolute atomic E-state index is 11.1. The molecule has 1 unspecified atom stereocenters. The third-order valence-corrected chi connectivity index (χ3v) is 1.66. The van der Waals surface area contributed by atoms with Crippen LogP contribution in [0.15, 0.2) is 4.99 Å². The van der Waals surface area contributed by atoms with E-state index in [4.69, 9.17) is 17.2 Å². The summed E-state index contributed by atoms with van der Waals surface area (Å²) in [5.74, 6) is -0.0613. The van der Waals surface area contributed by atoms with Gasteiger partial charge in [0.05, 0.1) is 6.04 Å². The first-order valence-corrected chi connectivity index (χ1v) is 4.66. The molecule has 1 atom stereocenters. The average Bonchev–Trinajstić information content (AvgIpc) is 2.12. The van der Waals surface area contributed by atoms with Gasteiger partial charge in [0.1, 0.15) is 0 Å². The first kappa shape index (κ1) is 20.7. The van der Waals surface area contributed by atoms with Crippen molar-refractivity contribution in [3.8, 4) is 0 Å². The van der Waals surface area contributed by atoms with Crippen molar-refractivity contribution >= 4 is 36.7 Å². The fourth-order valence-corrected chi connectivity index (χ4v) is 0.956. The SMILES string of the molecule is CCNC(=O)C(N)CCCN=C(N)N.Cl.Cl. The molecule has 0 fully saturated rings. The van der Waals surface area contributed by atoms with Crippen LogP contribution >= 0.6 is 24.8 Å². The molecule has 6 nitrogen and oxygen atoms in total. The summed E-state index contributed by atoms with van der Waals surface area (Å²) in [6.45, 7) is 2.96. The van der Waals surface area contributed by atoms with Gasteiger partial charge < -0.3 is 22.5 Å². The number of amides is 1. The van der Waals surface area contributed by atoms with E-state index in [2.05, 4.69) is 10.3 Å². The second kappa shape index (κ2) is 12.4. The lowest BCUT2D eigenvalue weighted by molar-refractivity contribution is -0.122. The summed E-state index contributed by atoms with van der Waals surface area (Å²) in [5.41, 5.74) is 15.9. The minimum Gasteiger partial charge on any atom is -0.370 e. The smallest absolute Gasteiger partial charge is 0.236 e. The number of halogens is 2. The third kappa shape index (κ3) is 11.4. The van der Waals surface area contributed by atoms with Crippen LogP contribution in [0.5, 0.6) is 0 Å². The lowest BCUT2D eigenvalue weighted by atomic mass is 10.1. The Morgan fingerprint density at radius 2 is 1.94 bits per heavy atom. The van der Waals surface area contributed by atoms with Gasteiger partial charge in [-0.1, -0.05) is 0 Å². The molecular weight excluding hydrogens is 253 g/mol. The molecule has 0 saturated carbocycles. The highest BCUT2D eigenvalue weighted by atomic mass is 35.5. The van der Waals surface area contributed by atoms with Crippen LogP contribution in [0, 0.1) is 0 Å². The first-order valence-electron chi connectivity index (χ1n) is 4.66. The zero-order valence-electron chi connectivity index (χ0n) is 9.31. The number of nitrogens with zero attached hydrogens (tertiary/aromatic N) is 1. The van der Waals surface area contributed by atoms with Crippen LogP contribution in [0.3, 0.4) is 0 Å². The molecule has 0 aliphatic carbocycles. The van der Waals surface area contributed by atoms with Gasteiger partial charge in [0, 0.05) is 13.1 Å². The van der Waals surface area contributed by atoms with E-state index in [1.807, 2.05) is 6.92 Å². The van der Waals surface area contributed by atoms with E-state index in [1.165, 1.54) is 0 Å². The summed E-state index contributed by atoms with van der Waals surface area (Å²) >= 11 is 0. The van der Waals surface area contributed by atoms with Crippen molar-refractivity contribution in [3.05, 3.63) is 0 Å². The standard InChI is InChI=1S/C8H19N5O.2ClH/c1-2-12-7(14)6(9)4-3-5-13-8(10)11;;/h6H,2-5,9H2,1H3,(H,12,14)(H4,10,11,13);2*1H. The molecule has 16 heavy (non-hydrogen) atoms. The molecule has 0 spiro atoms. The van der Waals surface area contributed by atoms with Gasteiger partial charge in [0.15, 0.2) is 5.96 Å².